The SMILES string of the molecule is CC(C)=CCC1(C(=O)O)CCC(C)(C)c2cc(Cl)ccc21. The van der Waals surface area contributed by atoms with Gasteiger partial charge in [0.15, 0.2) is 0 Å². The summed E-state index contributed by atoms with van der Waals surface area (Å²) in [6.07, 6.45) is 4.08. The van der Waals surface area contributed by atoms with E-state index in [1.54, 1.807) is 0 Å². The highest BCUT2D eigenvalue weighted by Gasteiger charge is 2.47. The van der Waals surface area contributed by atoms with Crippen molar-refractivity contribution in [2.45, 2.75) is 57.8 Å². The van der Waals surface area contributed by atoms with Gasteiger partial charge in [-0.3, -0.25) is 4.79 Å². The Morgan fingerprint density at radius 2 is 1.95 bits per heavy atom. The van der Waals surface area contributed by atoms with E-state index in [4.69, 9.17) is 11.6 Å². The third-order valence-electron chi connectivity index (χ3n) is 4.67. The monoisotopic (exact) mass is 306 g/mol. The van der Waals surface area contributed by atoms with Crippen molar-refractivity contribution < 1.29 is 9.90 Å². The maximum absolute atomic E-state index is 12.1. The lowest BCUT2D eigenvalue weighted by atomic mass is 9.60. The number of aliphatic carboxylic acids is 1. The summed E-state index contributed by atoms with van der Waals surface area (Å²) in [5, 5.41) is 10.6. The number of hydrogen-bond donors (Lipinski definition) is 1. The largest absolute Gasteiger partial charge is 0.481 e. The Kier molecular flexibility index (Phi) is 4.21. The predicted molar refractivity (Wildman–Crippen MR) is 87.1 cm³/mol. The molecule has 1 atom stereocenters. The van der Waals surface area contributed by atoms with E-state index in [9.17, 15) is 9.90 Å². The van der Waals surface area contributed by atoms with Crippen molar-refractivity contribution in [2.24, 2.45) is 0 Å². The van der Waals surface area contributed by atoms with E-state index in [2.05, 4.69) is 13.8 Å². The van der Waals surface area contributed by atoms with Crippen molar-refractivity contribution >= 4 is 17.6 Å². The second kappa shape index (κ2) is 5.49. The third-order valence-corrected chi connectivity index (χ3v) is 4.91. The zero-order valence-corrected chi connectivity index (χ0v) is 13.9. The molecule has 1 N–H and O–H groups in total. The van der Waals surface area contributed by atoms with Gasteiger partial charge in [0.25, 0.3) is 0 Å². The average molecular weight is 307 g/mol. The summed E-state index contributed by atoms with van der Waals surface area (Å²) in [7, 11) is 0. The second-order valence-corrected chi connectivity index (χ2v) is 7.38. The van der Waals surface area contributed by atoms with Crippen molar-refractivity contribution in [3.05, 3.63) is 46.0 Å². The molecule has 2 nitrogen and oxygen atoms in total. The summed E-state index contributed by atoms with van der Waals surface area (Å²) < 4.78 is 0. The predicted octanol–water partition coefficient (Wildman–Crippen LogP) is 5.09. The van der Waals surface area contributed by atoms with Gasteiger partial charge in [0.05, 0.1) is 5.41 Å². The highest BCUT2D eigenvalue weighted by molar-refractivity contribution is 6.30. The topological polar surface area (TPSA) is 37.3 Å². The number of halogens is 1. The Bertz CT molecular complexity index is 597. The summed E-state index contributed by atoms with van der Waals surface area (Å²) in [6, 6.07) is 5.66. The fourth-order valence-corrected chi connectivity index (χ4v) is 3.36. The molecule has 0 heterocycles. The molecule has 0 aromatic heterocycles. The molecule has 0 radical (unpaired) electrons. The molecule has 0 saturated carbocycles. The highest BCUT2D eigenvalue weighted by Crippen LogP contribution is 2.48. The van der Waals surface area contributed by atoms with Crippen molar-refractivity contribution in [3.63, 3.8) is 0 Å². The normalized spacial score (nSPS) is 23.3. The zero-order valence-electron chi connectivity index (χ0n) is 13.2. The summed E-state index contributed by atoms with van der Waals surface area (Å²) in [4.78, 5) is 12.1. The average Bonchev–Trinajstić information content (AvgIpc) is 2.38. The summed E-state index contributed by atoms with van der Waals surface area (Å²) in [5.41, 5.74) is 2.28. The Balaban J connectivity index is 2.64. The van der Waals surface area contributed by atoms with Crippen LogP contribution in [0.2, 0.25) is 5.02 Å². The minimum absolute atomic E-state index is 0.0375. The van der Waals surface area contributed by atoms with Gasteiger partial charge in [-0.1, -0.05) is 43.2 Å². The number of benzene rings is 1. The molecular weight excluding hydrogens is 284 g/mol. The number of carboxylic acid groups (broad SMARTS) is 1. The smallest absolute Gasteiger partial charge is 0.314 e. The molecular formula is C18H23ClO2. The van der Waals surface area contributed by atoms with E-state index >= 15 is 0 Å². The maximum Gasteiger partial charge on any atom is 0.314 e. The van der Waals surface area contributed by atoms with Crippen LogP contribution in [0.1, 0.15) is 58.1 Å². The molecule has 0 amide bonds. The Morgan fingerprint density at radius 1 is 1.29 bits per heavy atom. The first-order valence-electron chi connectivity index (χ1n) is 7.36. The van der Waals surface area contributed by atoms with Crippen LogP contribution in [0.3, 0.4) is 0 Å². The van der Waals surface area contributed by atoms with Gasteiger partial charge in [-0.15, -0.1) is 0 Å². The van der Waals surface area contributed by atoms with Crippen molar-refractivity contribution in [3.8, 4) is 0 Å². The number of carbonyl (C=O) groups is 1. The van der Waals surface area contributed by atoms with Crippen molar-refractivity contribution in [1.29, 1.82) is 0 Å². The summed E-state index contributed by atoms with van der Waals surface area (Å²) >= 11 is 6.14. The number of rotatable bonds is 3. The third kappa shape index (κ3) is 2.87. The molecule has 1 aromatic rings. The van der Waals surface area contributed by atoms with Gasteiger partial charge in [0.2, 0.25) is 0 Å². The Morgan fingerprint density at radius 3 is 2.52 bits per heavy atom. The lowest BCUT2D eigenvalue weighted by Gasteiger charge is -2.42. The first-order valence-corrected chi connectivity index (χ1v) is 7.74. The van der Waals surface area contributed by atoms with Gasteiger partial charge in [-0.2, -0.15) is 0 Å². The fraction of sp³-hybridized carbons (Fsp3) is 0.500. The van der Waals surface area contributed by atoms with E-state index in [0.717, 1.165) is 23.1 Å². The van der Waals surface area contributed by atoms with E-state index < -0.39 is 11.4 Å². The number of carboxylic acids is 1. The highest BCUT2D eigenvalue weighted by atomic mass is 35.5. The van der Waals surface area contributed by atoms with Crippen LogP contribution in [0.4, 0.5) is 0 Å². The molecule has 21 heavy (non-hydrogen) atoms. The van der Waals surface area contributed by atoms with Crippen LogP contribution in [0, 0.1) is 0 Å². The molecule has 1 aliphatic rings. The van der Waals surface area contributed by atoms with Crippen LogP contribution >= 0.6 is 11.6 Å². The van der Waals surface area contributed by atoms with E-state index in [1.807, 2.05) is 38.1 Å². The molecule has 1 aliphatic carbocycles. The molecule has 0 aliphatic heterocycles. The van der Waals surface area contributed by atoms with E-state index in [0.29, 0.717) is 17.9 Å². The first-order chi connectivity index (χ1) is 9.69. The Labute approximate surface area is 131 Å². The molecule has 1 aromatic carbocycles. The summed E-state index contributed by atoms with van der Waals surface area (Å²) in [5.74, 6) is -0.737. The van der Waals surface area contributed by atoms with Gasteiger partial charge < -0.3 is 5.11 Å². The molecule has 0 bridgehead atoms. The Hall–Kier alpha value is -1.28. The molecule has 2 rings (SSSR count). The lowest BCUT2D eigenvalue weighted by molar-refractivity contribution is -0.144. The van der Waals surface area contributed by atoms with Crippen LogP contribution < -0.4 is 0 Å². The molecule has 1 unspecified atom stereocenters. The number of allylic oxidation sites excluding steroid dienone is 2. The number of hydrogen-bond acceptors (Lipinski definition) is 1. The fourth-order valence-electron chi connectivity index (χ4n) is 3.19. The molecule has 114 valence electrons. The van der Waals surface area contributed by atoms with E-state index in [1.165, 1.54) is 0 Å². The van der Waals surface area contributed by atoms with Gasteiger partial charge in [0, 0.05) is 5.02 Å². The van der Waals surface area contributed by atoms with Gasteiger partial charge >= 0.3 is 5.97 Å². The quantitative estimate of drug-likeness (QED) is 0.790. The second-order valence-electron chi connectivity index (χ2n) is 6.95. The van der Waals surface area contributed by atoms with Crippen molar-refractivity contribution in [1.82, 2.24) is 0 Å². The lowest BCUT2D eigenvalue weighted by Crippen LogP contribution is -2.43. The van der Waals surface area contributed by atoms with Crippen LogP contribution in [0.25, 0.3) is 0 Å². The minimum atomic E-state index is -0.827. The molecule has 0 fully saturated rings. The maximum atomic E-state index is 12.1. The van der Waals surface area contributed by atoms with Crippen LogP contribution in [0.5, 0.6) is 0 Å². The van der Waals surface area contributed by atoms with E-state index in [-0.39, 0.29) is 5.41 Å². The zero-order chi connectivity index (χ0) is 15.8. The van der Waals surface area contributed by atoms with Gasteiger partial charge in [-0.25, -0.2) is 0 Å². The van der Waals surface area contributed by atoms with Crippen LogP contribution in [-0.2, 0) is 15.6 Å². The standard InChI is InChI=1S/C18H23ClO2/c1-12(2)7-8-18(16(20)21)10-9-17(3,4)15-11-13(19)5-6-14(15)18/h5-7,11H,8-10H2,1-4H3,(H,20,21). The summed E-state index contributed by atoms with van der Waals surface area (Å²) in [6.45, 7) is 8.33. The molecule has 0 saturated heterocycles. The van der Waals surface area contributed by atoms with Crippen LogP contribution in [-0.4, -0.2) is 11.1 Å². The van der Waals surface area contributed by atoms with Gasteiger partial charge in [-0.05, 0) is 61.8 Å². The van der Waals surface area contributed by atoms with Crippen molar-refractivity contribution in [2.75, 3.05) is 0 Å². The van der Waals surface area contributed by atoms with Crippen LogP contribution in [0.15, 0.2) is 29.8 Å². The van der Waals surface area contributed by atoms with Gasteiger partial charge in [0.1, 0.15) is 0 Å². The number of fused-ring (bicyclic) bond motifs is 1. The first kappa shape index (κ1) is 16.1. The minimum Gasteiger partial charge on any atom is -0.481 e. The molecule has 0 spiro atoms. The molecule has 3 heteroatoms.